The van der Waals surface area contributed by atoms with Gasteiger partial charge in [-0.1, -0.05) is 36.9 Å². The van der Waals surface area contributed by atoms with Crippen LogP contribution in [0.3, 0.4) is 0 Å². The Morgan fingerprint density at radius 1 is 1.04 bits per heavy atom. The van der Waals surface area contributed by atoms with E-state index in [-0.39, 0.29) is 30.8 Å². The molecule has 2 aromatic rings. The number of rotatable bonds is 6. The summed E-state index contributed by atoms with van der Waals surface area (Å²) in [6, 6.07) is 14.2. The van der Waals surface area contributed by atoms with Gasteiger partial charge in [-0.05, 0) is 30.7 Å². The molecular formula is C21H21N3O3. The Morgan fingerprint density at radius 2 is 1.78 bits per heavy atom. The molecule has 6 heteroatoms. The molecule has 1 aliphatic heterocycles. The van der Waals surface area contributed by atoms with Gasteiger partial charge in [0.1, 0.15) is 6.54 Å². The number of amides is 3. The van der Waals surface area contributed by atoms with E-state index in [1.807, 2.05) is 25.1 Å². The second kappa shape index (κ2) is 7.86. The van der Waals surface area contributed by atoms with Gasteiger partial charge in [0.15, 0.2) is 0 Å². The highest BCUT2D eigenvalue weighted by molar-refractivity contribution is 6.10. The summed E-state index contributed by atoms with van der Waals surface area (Å²) in [7, 11) is 0. The van der Waals surface area contributed by atoms with E-state index in [0.29, 0.717) is 23.4 Å². The van der Waals surface area contributed by atoms with Gasteiger partial charge in [0.05, 0.1) is 0 Å². The van der Waals surface area contributed by atoms with Crippen molar-refractivity contribution in [1.29, 1.82) is 0 Å². The van der Waals surface area contributed by atoms with Crippen molar-refractivity contribution in [2.24, 2.45) is 0 Å². The van der Waals surface area contributed by atoms with Crippen LogP contribution in [0.1, 0.15) is 38.8 Å². The van der Waals surface area contributed by atoms with Crippen molar-refractivity contribution in [1.82, 2.24) is 15.5 Å². The van der Waals surface area contributed by atoms with Crippen LogP contribution in [0.2, 0.25) is 0 Å². The second-order valence-corrected chi connectivity index (χ2v) is 6.22. The summed E-state index contributed by atoms with van der Waals surface area (Å²) in [5.41, 5.74) is 3.20. The summed E-state index contributed by atoms with van der Waals surface area (Å²) in [6.45, 7) is 6.51. The first-order valence-corrected chi connectivity index (χ1v) is 8.75. The Bertz CT molecular complexity index is 885. The largest absolute Gasteiger partial charge is 0.352 e. The zero-order valence-corrected chi connectivity index (χ0v) is 15.1. The van der Waals surface area contributed by atoms with Gasteiger partial charge in [0.25, 0.3) is 11.8 Å². The molecule has 6 nitrogen and oxygen atoms in total. The first-order valence-electron chi connectivity index (χ1n) is 8.75. The fourth-order valence-corrected chi connectivity index (χ4v) is 2.99. The first kappa shape index (κ1) is 18.4. The van der Waals surface area contributed by atoms with E-state index in [2.05, 4.69) is 17.2 Å². The molecule has 0 bridgehead atoms. The number of hydrogen-bond acceptors (Lipinski definition) is 3. The van der Waals surface area contributed by atoms with Crippen LogP contribution in [0.15, 0.2) is 55.1 Å². The molecule has 0 aliphatic carbocycles. The van der Waals surface area contributed by atoms with Crippen LogP contribution < -0.4 is 10.6 Å². The van der Waals surface area contributed by atoms with Crippen molar-refractivity contribution >= 4 is 23.4 Å². The van der Waals surface area contributed by atoms with Crippen LogP contribution in [0.4, 0.5) is 0 Å². The smallest absolute Gasteiger partial charge is 0.259 e. The molecule has 2 N–H and O–H groups in total. The van der Waals surface area contributed by atoms with Crippen LogP contribution >= 0.6 is 0 Å². The normalized spacial score (nSPS) is 12.7. The summed E-state index contributed by atoms with van der Waals surface area (Å²) in [5, 5.41) is 5.53. The molecule has 3 amide bonds. The lowest BCUT2D eigenvalue weighted by molar-refractivity contribution is -0.121. The maximum Gasteiger partial charge on any atom is 0.259 e. The van der Waals surface area contributed by atoms with E-state index < -0.39 is 0 Å². The third-order valence-corrected chi connectivity index (χ3v) is 4.36. The first-order chi connectivity index (χ1) is 13.0. The third-order valence-electron chi connectivity index (χ3n) is 4.36. The Balaban J connectivity index is 1.60. The van der Waals surface area contributed by atoms with Crippen molar-refractivity contribution in [2.45, 2.75) is 13.5 Å². The summed E-state index contributed by atoms with van der Waals surface area (Å²) in [6.07, 6.45) is 0. The number of fused-ring (bicyclic) bond motifs is 1. The van der Waals surface area contributed by atoms with Crippen molar-refractivity contribution in [2.75, 3.05) is 13.1 Å². The number of benzene rings is 2. The maximum atomic E-state index is 12.4. The summed E-state index contributed by atoms with van der Waals surface area (Å²) in [5.74, 6) is -0.660. The van der Waals surface area contributed by atoms with Gasteiger partial charge in [0, 0.05) is 35.5 Å². The number of hydrogen-bond donors (Lipinski definition) is 2. The van der Waals surface area contributed by atoms with Gasteiger partial charge in [-0.25, -0.2) is 0 Å². The molecule has 0 saturated carbocycles. The predicted octanol–water partition coefficient (Wildman–Crippen LogP) is 2.18. The Morgan fingerprint density at radius 3 is 2.48 bits per heavy atom. The fourth-order valence-electron chi connectivity index (χ4n) is 2.99. The number of carbonyl (C=O) groups is 3. The highest BCUT2D eigenvalue weighted by Gasteiger charge is 2.31. The molecule has 3 rings (SSSR count). The lowest BCUT2D eigenvalue weighted by Crippen LogP contribution is -2.36. The Kier molecular flexibility index (Phi) is 5.35. The quantitative estimate of drug-likeness (QED) is 0.826. The van der Waals surface area contributed by atoms with Crippen LogP contribution in [-0.4, -0.2) is 35.7 Å². The average Bonchev–Trinajstić information content (AvgIpc) is 2.92. The van der Waals surface area contributed by atoms with Crippen molar-refractivity contribution < 1.29 is 14.4 Å². The van der Waals surface area contributed by atoms with Crippen molar-refractivity contribution in [3.8, 4) is 0 Å². The number of nitrogens with one attached hydrogen (secondary N) is 2. The highest BCUT2D eigenvalue weighted by Crippen LogP contribution is 2.30. The van der Waals surface area contributed by atoms with Gasteiger partial charge < -0.3 is 10.6 Å². The van der Waals surface area contributed by atoms with E-state index >= 15 is 0 Å². The zero-order valence-electron chi connectivity index (χ0n) is 15.1. The summed E-state index contributed by atoms with van der Waals surface area (Å²) in [4.78, 5) is 38.0. The highest BCUT2D eigenvalue weighted by atomic mass is 16.2. The van der Waals surface area contributed by atoms with Gasteiger partial charge in [0.2, 0.25) is 5.91 Å². The molecule has 1 heterocycles. The molecule has 0 spiro atoms. The Hall–Kier alpha value is -3.41. The van der Waals surface area contributed by atoms with Gasteiger partial charge >= 0.3 is 0 Å². The minimum absolute atomic E-state index is 0.0949. The minimum Gasteiger partial charge on any atom is -0.352 e. The van der Waals surface area contributed by atoms with E-state index in [1.165, 1.54) is 4.90 Å². The van der Waals surface area contributed by atoms with Crippen molar-refractivity contribution in [3.63, 3.8) is 0 Å². The molecule has 0 unspecified atom stereocenters. The standard InChI is InChI=1S/C21H21N3O3/c1-3-22-20(26)16-8-6-7-15(11-16)12-23-19(25)13-24-14(2)17-9-4-5-10-18(17)21(24)27/h4-11H,2-3,12-13H2,1H3,(H,22,26)(H,23,25). The number of carbonyl (C=O) groups excluding carboxylic acids is 3. The SMILES string of the molecule is C=C1c2ccccc2C(=O)N1CC(=O)NCc1cccc(C(=O)NCC)c1. The van der Waals surface area contributed by atoms with E-state index in [4.69, 9.17) is 0 Å². The topological polar surface area (TPSA) is 78.5 Å². The maximum absolute atomic E-state index is 12.4. The zero-order chi connectivity index (χ0) is 19.4. The van der Waals surface area contributed by atoms with E-state index in [9.17, 15) is 14.4 Å². The number of nitrogens with zero attached hydrogens (tertiary/aromatic N) is 1. The van der Waals surface area contributed by atoms with Crippen LogP contribution in [0.25, 0.3) is 5.70 Å². The van der Waals surface area contributed by atoms with Crippen molar-refractivity contribution in [3.05, 3.63) is 77.4 Å². The average molecular weight is 363 g/mol. The lowest BCUT2D eigenvalue weighted by atomic mass is 10.1. The van der Waals surface area contributed by atoms with Crippen LogP contribution in [0.5, 0.6) is 0 Å². The van der Waals surface area contributed by atoms with Crippen LogP contribution in [0, 0.1) is 0 Å². The molecule has 0 aromatic heterocycles. The molecule has 0 atom stereocenters. The Labute approximate surface area is 157 Å². The molecule has 138 valence electrons. The summed E-state index contributed by atoms with van der Waals surface area (Å²) < 4.78 is 0. The predicted molar refractivity (Wildman–Crippen MR) is 103 cm³/mol. The molecule has 0 fully saturated rings. The molecule has 2 aromatic carbocycles. The molecule has 1 aliphatic rings. The second-order valence-electron chi connectivity index (χ2n) is 6.22. The monoisotopic (exact) mass is 363 g/mol. The molecular weight excluding hydrogens is 342 g/mol. The lowest BCUT2D eigenvalue weighted by Gasteiger charge is -2.17. The third kappa shape index (κ3) is 3.89. The van der Waals surface area contributed by atoms with Gasteiger partial charge in [-0.3, -0.25) is 19.3 Å². The van der Waals surface area contributed by atoms with Gasteiger partial charge in [-0.15, -0.1) is 0 Å². The summed E-state index contributed by atoms with van der Waals surface area (Å²) >= 11 is 0. The minimum atomic E-state index is -0.291. The fraction of sp³-hybridized carbons (Fsp3) is 0.190. The van der Waals surface area contributed by atoms with E-state index in [1.54, 1.807) is 30.3 Å². The van der Waals surface area contributed by atoms with Crippen LogP contribution in [-0.2, 0) is 11.3 Å². The molecule has 0 saturated heterocycles. The molecule has 27 heavy (non-hydrogen) atoms. The van der Waals surface area contributed by atoms with Gasteiger partial charge in [-0.2, -0.15) is 0 Å². The molecule has 0 radical (unpaired) electrons. The van der Waals surface area contributed by atoms with E-state index in [0.717, 1.165) is 11.1 Å².